The highest BCUT2D eigenvalue weighted by atomic mass is 32.2. The van der Waals surface area contributed by atoms with E-state index in [2.05, 4.69) is 0 Å². The lowest BCUT2D eigenvalue weighted by atomic mass is 10.1. The quantitative estimate of drug-likeness (QED) is 0.822. The van der Waals surface area contributed by atoms with Crippen molar-refractivity contribution < 1.29 is 27.1 Å². The van der Waals surface area contributed by atoms with E-state index in [9.17, 15) is 22.0 Å². The lowest BCUT2D eigenvalue weighted by Crippen LogP contribution is -2.41. The van der Waals surface area contributed by atoms with Crippen LogP contribution in [-0.2, 0) is 21.2 Å². The molecule has 0 amide bonds. The number of aliphatic carboxylic acids is 1. The van der Waals surface area contributed by atoms with Crippen molar-refractivity contribution >= 4 is 16.0 Å². The topological polar surface area (TPSA) is 83.5 Å². The number of halogens is 2. The van der Waals surface area contributed by atoms with E-state index in [0.717, 1.165) is 18.4 Å². The third-order valence-electron chi connectivity index (χ3n) is 2.02. The van der Waals surface area contributed by atoms with Gasteiger partial charge in [0.2, 0.25) is 10.0 Å². The van der Waals surface area contributed by atoms with Crippen LogP contribution in [-0.4, -0.2) is 31.8 Å². The van der Waals surface area contributed by atoms with Crippen molar-refractivity contribution in [1.82, 2.24) is 4.72 Å². The van der Waals surface area contributed by atoms with Crippen LogP contribution in [0.15, 0.2) is 18.2 Å². The van der Waals surface area contributed by atoms with Gasteiger partial charge >= 0.3 is 5.97 Å². The average Bonchev–Trinajstić information content (AvgIpc) is 2.12. The number of nitrogens with one attached hydrogen (secondary N) is 1. The summed E-state index contributed by atoms with van der Waals surface area (Å²) >= 11 is 0. The van der Waals surface area contributed by atoms with Crippen LogP contribution in [0.5, 0.6) is 0 Å². The largest absolute Gasteiger partial charge is 0.480 e. The van der Waals surface area contributed by atoms with Crippen LogP contribution in [0.25, 0.3) is 0 Å². The first-order valence-corrected chi connectivity index (χ1v) is 6.71. The van der Waals surface area contributed by atoms with Crippen LogP contribution in [0.2, 0.25) is 0 Å². The van der Waals surface area contributed by atoms with E-state index in [4.69, 9.17) is 5.11 Å². The zero-order valence-corrected chi connectivity index (χ0v) is 10.2. The Morgan fingerprint density at radius 2 is 1.83 bits per heavy atom. The average molecular weight is 279 g/mol. The summed E-state index contributed by atoms with van der Waals surface area (Å²) in [6, 6.07) is 1.07. The SMILES string of the molecule is CS(=O)(=O)NC(Cc1cc(F)cc(F)c1)C(=O)O. The molecule has 1 aromatic carbocycles. The Bertz CT molecular complexity index is 539. The molecule has 0 aliphatic rings. The van der Waals surface area contributed by atoms with Crippen molar-refractivity contribution in [2.75, 3.05) is 6.26 Å². The van der Waals surface area contributed by atoms with Crippen LogP contribution in [0.1, 0.15) is 5.56 Å². The number of carboxylic acids is 1. The molecule has 0 fully saturated rings. The standard InChI is InChI=1S/C10H11F2NO4S/c1-18(16,17)13-9(10(14)15)4-6-2-7(11)5-8(12)3-6/h2-3,5,9,13H,4H2,1H3,(H,14,15). The molecular weight excluding hydrogens is 268 g/mol. The Balaban J connectivity index is 2.93. The minimum Gasteiger partial charge on any atom is -0.480 e. The molecule has 1 rings (SSSR count). The third kappa shape index (κ3) is 4.76. The lowest BCUT2D eigenvalue weighted by molar-refractivity contribution is -0.138. The summed E-state index contributed by atoms with van der Waals surface area (Å²) in [5, 5.41) is 8.82. The van der Waals surface area contributed by atoms with Gasteiger partial charge in [0.1, 0.15) is 17.7 Å². The van der Waals surface area contributed by atoms with E-state index in [0.29, 0.717) is 6.07 Å². The van der Waals surface area contributed by atoms with E-state index in [1.165, 1.54) is 0 Å². The molecule has 1 unspecified atom stereocenters. The van der Waals surface area contributed by atoms with Crippen molar-refractivity contribution in [1.29, 1.82) is 0 Å². The van der Waals surface area contributed by atoms with Gasteiger partial charge in [-0.25, -0.2) is 21.9 Å². The van der Waals surface area contributed by atoms with Crippen LogP contribution in [0, 0.1) is 11.6 Å². The fourth-order valence-corrected chi connectivity index (χ4v) is 2.10. The van der Waals surface area contributed by atoms with Gasteiger partial charge < -0.3 is 5.11 Å². The molecule has 0 aliphatic heterocycles. The van der Waals surface area contributed by atoms with Crippen LogP contribution in [0.3, 0.4) is 0 Å². The Morgan fingerprint density at radius 3 is 2.22 bits per heavy atom. The molecule has 2 N–H and O–H groups in total. The van der Waals surface area contributed by atoms with Crippen molar-refractivity contribution in [3.05, 3.63) is 35.4 Å². The van der Waals surface area contributed by atoms with Gasteiger partial charge in [0, 0.05) is 6.07 Å². The number of benzene rings is 1. The fraction of sp³-hybridized carbons (Fsp3) is 0.300. The number of carbonyl (C=O) groups is 1. The highest BCUT2D eigenvalue weighted by Gasteiger charge is 2.22. The lowest BCUT2D eigenvalue weighted by Gasteiger charge is -2.13. The highest BCUT2D eigenvalue weighted by Crippen LogP contribution is 2.10. The Morgan fingerprint density at radius 1 is 1.33 bits per heavy atom. The summed E-state index contributed by atoms with van der Waals surface area (Å²) < 4.78 is 49.5. The summed E-state index contributed by atoms with van der Waals surface area (Å²) in [6.07, 6.45) is 0.451. The molecule has 1 atom stereocenters. The van der Waals surface area contributed by atoms with Gasteiger partial charge in [-0.05, 0) is 24.1 Å². The van der Waals surface area contributed by atoms with Crippen LogP contribution >= 0.6 is 0 Å². The molecule has 0 saturated heterocycles. The maximum absolute atomic E-state index is 12.9. The highest BCUT2D eigenvalue weighted by molar-refractivity contribution is 7.88. The second-order valence-electron chi connectivity index (χ2n) is 3.76. The predicted molar refractivity (Wildman–Crippen MR) is 59.5 cm³/mol. The normalized spacial score (nSPS) is 13.3. The summed E-state index contributed by atoms with van der Waals surface area (Å²) in [4.78, 5) is 10.8. The summed E-state index contributed by atoms with van der Waals surface area (Å²) in [5.74, 6) is -3.13. The molecule has 0 bridgehead atoms. The van der Waals surface area contributed by atoms with Crippen molar-refractivity contribution in [2.45, 2.75) is 12.5 Å². The molecule has 8 heteroatoms. The smallest absolute Gasteiger partial charge is 0.322 e. The summed E-state index contributed by atoms with van der Waals surface area (Å²) in [6.45, 7) is 0. The fourth-order valence-electron chi connectivity index (χ4n) is 1.40. The van der Waals surface area contributed by atoms with E-state index in [1.54, 1.807) is 0 Å². The van der Waals surface area contributed by atoms with Gasteiger partial charge in [-0.2, -0.15) is 0 Å². The van der Waals surface area contributed by atoms with Crippen molar-refractivity contribution in [2.24, 2.45) is 0 Å². The molecule has 0 heterocycles. The first-order chi connectivity index (χ1) is 8.17. The molecule has 100 valence electrons. The second-order valence-corrected chi connectivity index (χ2v) is 5.54. The molecule has 0 spiro atoms. The van der Waals surface area contributed by atoms with Gasteiger partial charge in [-0.3, -0.25) is 4.79 Å². The number of carboxylic acid groups (broad SMARTS) is 1. The molecule has 18 heavy (non-hydrogen) atoms. The number of sulfonamides is 1. The Labute approximate surface area is 102 Å². The number of hydrogen-bond donors (Lipinski definition) is 2. The monoisotopic (exact) mass is 279 g/mol. The minimum absolute atomic E-state index is 0.0519. The first-order valence-electron chi connectivity index (χ1n) is 4.82. The molecule has 0 saturated carbocycles. The first kappa shape index (κ1) is 14.5. The van der Waals surface area contributed by atoms with Gasteiger partial charge in [0.25, 0.3) is 0 Å². The second kappa shape index (κ2) is 5.40. The summed E-state index contributed by atoms with van der Waals surface area (Å²) in [7, 11) is -3.73. The molecule has 1 aromatic rings. The van der Waals surface area contributed by atoms with E-state index in [1.807, 2.05) is 4.72 Å². The number of rotatable bonds is 5. The molecule has 0 aromatic heterocycles. The Hall–Kier alpha value is -1.54. The van der Waals surface area contributed by atoms with Crippen molar-refractivity contribution in [3.63, 3.8) is 0 Å². The van der Waals surface area contributed by atoms with Gasteiger partial charge in [-0.1, -0.05) is 0 Å². The maximum atomic E-state index is 12.9. The van der Waals surface area contributed by atoms with E-state index in [-0.39, 0.29) is 12.0 Å². The third-order valence-corrected chi connectivity index (χ3v) is 2.73. The predicted octanol–water partition coefficient (Wildman–Crippen LogP) is 0.510. The van der Waals surface area contributed by atoms with Crippen LogP contribution < -0.4 is 4.72 Å². The minimum atomic E-state index is -3.73. The Kier molecular flexibility index (Phi) is 4.36. The number of hydrogen-bond acceptors (Lipinski definition) is 3. The van der Waals surface area contributed by atoms with E-state index >= 15 is 0 Å². The molecule has 0 aliphatic carbocycles. The maximum Gasteiger partial charge on any atom is 0.322 e. The van der Waals surface area contributed by atoms with Crippen LogP contribution in [0.4, 0.5) is 8.78 Å². The molecular formula is C10H11F2NO4S. The van der Waals surface area contributed by atoms with E-state index < -0.39 is 33.7 Å². The van der Waals surface area contributed by atoms with Gasteiger partial charge in [0.15, 0.2) is 0 Å². The van der Waals surface area contributed by atoms with Gasteiger partial charge in [0.05, 0.1) is 6.26 Å². The zero-order valence-electron chi connectivity index (χ0n) is 9.35. The van der Waals surface area contributed by atoms with Gasteiger partial charge in [-0.15, -0.1) is 0 Å². The summed E-state index contributed by atoms with van der Waals surface area (Å²) in [5.41, 5.74) is 0.0519. The van der Waals surface area contributed by atoms with Crippen molar-refractivity contribution in [3.8, 4) is 0 Å². The zero-order chi connectivity index (χ0) is 13.9. The molecule has 0 radical (unpaired) electrons. The molecule has 5 nitrogen and oxygen atoms in total.